The highest BCUT2D eigenvalue weighted by Gasteiger charge is 2.78. The minimum atomic E-state index is -1.02. The molecule has 5 nitrogen and oxygen atoms in total. The topological polar surface area (TPSA) is 79.2 Å². The first-order chi connectivity index (χ1) is 12.1. The molecule has 5 saturated carbocycles. The average Bonchev–Trinajstić information content (AvgIpc) is 2.60. The Labute approximate surface area is 157 Å². The summed E-state index contributed by atoms with van der Waals surface area (Å²) in [6.07, 6.45) is 4.33. The quantitative estimate of drug-likeness (QED) is 0.653. The van der Waals surface area contributed by atoms with Gasteiger partial charge in [0.2, 0.25) is 0 Å². The molecule has 0 aliphatic heterocycles. The van der Waals surface area contributed by atoms with Crippen LogP contribution in [0.15, 0.2) is 0 Å². The summed E-state index contributed by atoms with van der Waals surface area (Å²) in [4.78, 5) is 0. The zero-order valence-corrected chi connectivity index (χ0v) is 16.9. The van der Waals surface area contributed by atoms with Crippen LogP contribution in [-0.2, 0) is 9.47 Å². The Bertz CT molecular complexity index is 587. The monoisotopic (exact) mass is 368 g/mol. The van der Waals surface area contributed by atoms with Crippen LogP contribution < -0.4 is 0 Å². The zero-order chi connectivity index (χ0) is 19.2. The van der Waals surface area contributed by atoms with E-state index in [9.17, 15) is 15.3 Å². The van der Waals surface area contributed by atoms with E-state index in [-0.39, 0.29) is 28.8 Å². The van der Waals surface area contributed by atoms with E-state index >= 15 is 0 Å². The molecule has 2 bridgehead atoms. The molecule has 0 heterocycles. The maximum atomic E-state index is 12.3. The predicted molar refractivity (Wildman–Crippen MR) is 97.3 cm³/mol. The van der Waals surface area contributed by atoms with Gasteiger partial charge < -0.3 is 24.8 Å². The number of ether oxygens (including phenoxy) is 2. The normalized spacial score (nSPS) is 54.5. The lowest BCUT2D eigenvalue weighted by molar-refractivity contribution is -0.414. The molecule has 5 aliphatic rings. The van der Waals surface area contributed by atoms with Crippen LogP contribution in [0.1, 0.15) is 65.7 Å². The third kappa shape index (κ3) is 1.80. The van der Waals surface area contributed by atoms with Crippen molar-refractivity contribution in [1.82, 2.24) is 0 Å². The number of hydrogen-bond donors (Lipinski definition) is 3. The molecule has 0 amide bonds. The van der Waals surface area contributed by atoms with E-state index in [1.165, 1.54) is 0 Å². The largest absolute Gasteiger partial charge is 0.393 e. The first kappa shape index (κ1) is 19.1. The van der Waals surface area contributed by atoms with Crippen molar-refractivity contribution in [1.29, 1.82) is 0 Å². The summed E-state index contributed by atoms with van der Waals surface area (Å²) in [6.45, 7) is 6.50. The van der Waals surface area contributed by atoms with Crippen LogP contribution >= 0.6 is 0 Å². The Hall–Kier alpha value is -0.200. The SMILES string of the molecule is COC1(OC)[C@@H]2CC[C@]3(CC[C@H]4C(C)(C)[C@@H](O)CC[C@]4(C)[C@@]3(O)C2)[C@H]1O. The molecule has 5 fully saturated rings. The molecule has 26 heavy (non-hydrogen) atoms. The van der Waals surface area contributed by atoms with Gasteiger partial charge >= 0.3 is 0 Å². The maximum absolute atomic E-state index is 12.3. The van der Waals surface area contributed by atoms with E-state index in [4.69, 9.17) is 9.47 Å². The molecule has 5 heteroatoms. The van der Waals surface area contributed by atoms with Crippen LogP contribution in [0.4, 0.5) is 0 Å². The smallest absolute Gasteiger partial charge is 0.197 e. The first-order valence-electron chi connectivity index (χ1n) is 10.2. The number of hydrogen-bond acceptors (Lipinski definition) is 5. The van der Waals surface area contributed by atoms with Crippen LogP contribution in [0.2, 0.25) is 0 Å². The highest BCUT2D eigenvalue weighted by Crippen LogP contribution is 2.74. The Balaban J connectivity index is 1.83. The van der Waals surface area contributed by atoms with E-state index in [1.54, 1.807) is 14.2 Å². The molecule has 0 aromatic carbocycles. The van der Waals surface area contributed by atoms with Crippen molar-refractivity contribution in [2.45, 2.75) is 89.3 Å². The van der Waals surface area contributed by atoms with Crippen molar-refractivity contribution in [3.63, 3.8) is 0 Å². The summed E-state index contributed by atoms with van der Waals surface area (Å²) in [5.41, 5.74) is -2.10. The van der Waals surface area contributed by atoms with Crippen molar-refractivity contribution < 1.29 is 24.8 Å². The molecular formula is C21H36O5. The summed E-state index contributed by atoms with van der Waals surface area (Å²) in [7, 11) is 3.22. The number of aliphatic hydroxyl groups is 3. The van der Waals surface area contributed by atoms with E-state index in [0.717, 1.165) is 32.1 Å². The van der Waals surface area contributed by atoms with Gasteiger partial charge in [0.15, 0.2) is 5.79 Å². The second kappa shape index (κ2) is 5.44. The lowest BCUT2D eigenvalue weighted by atomic mass is 9.33. The molecule has 7 atom stereocenters. The molecule has 5 aliphatic carbocycles. The van der Waals surface area contributed by atoms with Gasteiger partial charge in [-0.1, -0.05) is 20.8 Å². The highest BCUT2D eigenvalue weighted by atomic mass is 16.7. The van der Waals surface area contributed by atoms with Gasteiger partial charge in [0.25, 0.3) is 0 Å². The summed E-state index contributed by atoms with van der Waals surface area (Å²) in [6, 6.07) is 0. The molecule has 5 rings (SSSR count). The summed E-state index contributed by atoms with van der Waals surface area (Å²) in [5.74, 6) is -0.803. The third-order valence-electron chi connectivity index (χ3n) is 9.70. The van der Waals surface area contributed by atoms with Gasteiger partial charge in [-0.05, 0) is 56.3 Å². The van der Waals surface area contributed by atoms with Crippen LogP contribution in [0.3, 0.4) is 0 Å². The van der Waals surface area contributed by atoms with Gasteiger partial charge in [-0.2, -0.15) is 0 Å². The average molecular weight is 369 g/mol. The molecule has 0 radical (unpaired) electrons. The third-order valence-corrected chi connectivity index (χ3v) is 9.70. The Morgan fingerprint density at radius 1 is 0.885 bits per heavy atom. The number of aliphatic hydroxyl groups excluding tert-OH is 2. The van der Waals surface area contributed by atoms with Gasteiger partial charge in [0, 0.05) is 31.0 Å². The fourth-order valence-corrected chi connectivity index (χ4v) is 8.15. The van der Waals surface area contributed by atoms with E-state index in [1.807, 2.05) is 0 Å². The standard InChI is InChI=1S/C21H36O5/c1-17(2)14-7-11-19-10-6-13(21(25-4,26-5)16(19)23)12-20(19,24)18(14,3)9-8-15(17)22/h13-16,22-24H,6-12H2,1-5H3/t13-,14+,15+,16-,18+,19+,20+/m1/s1. The van der Waals surface area contributed by atoms with Gasteiger partial charge in [-0.15, -0.1) is 0 Å². The fraction of sp³-hybridized carbons (Fsp3) is 1.00. The van der Waals surface area contributed by atoms with Gasteiger partial charge in [0.05, 0.1) is 11.7 Å². The maximum Gasteiger partial charge on any atom is 0.197 e. The highest BCUT2D eigenvalue weighted by molar-refractivity contribution is 5.26. The van der Waals surface area contributed by atoms with Crippen molar-refractivity contribution in [3.05, 3.63) is 0 Å². The molecule has 150 valence electrons. The van der Waals surface area contributed by atoms with Crippen molar-refractivity contribution >= 4 is 0 Å². The summed E-state index contributed by atoms with van der Waals surface area (Å²) >= 11 is 0. The lowest BCUT2D eigenvalue weighted by Crippen LogP contribution is -2.81. The minimum absolute atomic E-state index is 0.0232. The molecule has 0 aromatic rings. The Morgan fingerprint density at radius 3 is 2.12 bits per heavy atom. The molecular weight excluding hydrogens is 332 g/mol. The van der Waals surface area contributed by atoms with Crippen molar-refractivity contribution in [2.24, 2.45) is 28.1 Å². The first-order valence-corrected chi connectivity index (χ1v) is 10.2. The fourth-order valence-electron chi connectivity index (χ4n) is 8.15. The molecule has 0 aromatic heterocycles. The second-order valence-electron chi connectivity index (χ2n) is 10.4. The number of methoxy groups -OCH3 is 2. The molecule has 0 unspecified atom stereocenters. The number of fused-ring (bicyclic) bond motifs is 3. The molecule has 0 saturated heterocycles. The summed E-state index contributed by atoms with van der Waals surface area (Å²) in [5, 5.41) is 34.4. The minimum Gasteiger partial charge on any atom is -0.393 e. The van der Waals surface area contributed by atoms with Crippen molar-refractivity contribution in [3.8, 4) is 0 Å². The van der Waals surface area contributed by atoms with Crippen molar-refractivity contribution in [2.75, 3.05) is 14.2 Å². The lowest BCUT2D eigenvalue weighted by Gasteiger charge is -2.75. The van der Waals surface area contributed by atoms with Gasteiger partial charge in [-0.25, -0.2) is 0 Å². The second-order valence-corrected chi connectivity index (χ2v) is 10.4. The summed E-state index contributed by atoms with van der Waals surface area (Å²) < 4.78 is 11.5. The number of rotatable bonds is 2. The van der Waals surface area contributed by atoms with E-state index in [0.29, 0.717) is 12.8 Å². The zero-order valence-electron chi connectivity index (χ0n) is 16.9. The molecule has 3 N–H and O–H groups in total. The molecule has 1 spiro atoms. The van der Waals surface area contributed by atoms with Crippen LogP contribution in [0.5, 0.6) is 0 Å². The Morgan fingerprint density at radius 2 is 1.50 bits per heavy atom. The predicted octanol–water partition coefficient (Wildman–Crippen LogP) is 2.46. The van der Waals surface area contributed by atoms with Gasteiger partial charge in [-0.3, -0.25) is 0 Å². The van der Waals surface area contributed by atoms with Crippen LogP contribution in [-0.4, -0.2) is 53.1 Å². The van der Waals surface area contributed by atoms with E-state index in [2.05, 4.69) is 20.8 Å². The van der Waals surface area contributed by atoms with Crippen LogP contribution in [0.25, 0.3) is 0 Å². The van der Waals surface area contributed by atoms with Crippen LogP contribution in [0, 0.1) is 28.1 Å². The van der Waals surface area contributed by atoms with E-state index < -0.39 is 22.9 Å². The Kier molecular flexibility index (Phi) is 4.01. The van der Waals surface area contributed by atoms with Gasteiger partial charge in [0.1, 0.15) is 6.10 Å².